The molecule has 0 saturated heterocycles. The van der Waals surface area contributed by atoms with Gasteiger partial charge in [0.1, 0.15) is 0 Å². The molecule has 0 spiro atoms. The summed E-state index contributed by atoms with van der Waals surface area (Å²) in [6.45, 7) is 3.10. The summed E-state index contributed by atoms with van der Waals surface area (Å²) in [6.07, 6.45) is 7.86. The summed E-state index contributed by atoms with van der Waals surface area (Å²) < 4.78 is 0. The lowest BCUT2D eigenvalue weighted by molar-refractivity contribution is -0.150. The van der Waals surface area contributed by atoms with Crippen molar-refractivity contribution < 1.29 is 14.7 Å². The largest absolute Gasteiger partial charge is 0.481 e. The van der Waals surface area contributed by atoms with Gasteiger partial charge in [0.25, 0.3) is 0 Å². The smallest absolute Gasteiger partial charge is 0.314 e. The zero-order chi connectivity index (χ0) is 14.6. The first-order valence-corrected chi connectivity index (χ1v) is 7.71. The predicted molar refractivity (Wildman–Crippen MR) is 76.5 cm³/mol. The van der Waals surface area contributed by atoms with Crippen LogP contribution in [0.4, 0.5) is 4.79 Å². The molecular weight excluding hydrogens is 256 g/mol. The number of carbonyl (C=O) groups is 2. The van der Waals surface area contributed by atoms with Crippen molar-refractivity contribution in [2.45, 2.75) is 58.3 Å². The third-order valence-corrected chi connectivity index (χ3v) is 5.09. The highest BCUT2D eigenvalue weighted by Gasteiger charge is 2.40. The van der Waals surface area contributed by atoms with Crippen LogP contribution in [-0.2, 0) is 4.79 Å². The van der Waals surface area contributed by atoms with E-state index >= 15 is 0 Å². The summed E-state index contributed by atoms with van der Waals surface area (Å²) in [6, 6.07) is -0.232. The Hall–Kier alpha value is -1.26. The lowest BCUT2D eigenvalue weighted by Crippen LogP contribution is -2.49. The Bertz CT molecular complexity index is 371. The van der Waals surface area contributed by atoms with Crippen LogP contribution < -0.4 is 10.6 Å². The van der Waals surface area contributed by atoms with Gasteiger partial charge in [-0.2, -0.15) is 0 Å². The van der Waals surface area contributed by atoms with Gasteiger partial charge >= 0.3 is 12.0 Å². The lowest BCUT2D eigenvalue weighted by atomic mass is 9.70. The Balaban J connectivity index is 1.77. The number of nitrogens with one attached hydrogen (secondary N) is 2. The first-order valence-electron chi connectivity index (χ1n) is 7.71. The summed E-state index contributed by atoms with van der Waals surface area (Å²) in [5.41, 5.74) is -0.511. The van der Waals surface area contributed by atoms with Crippen LogP contribution in [0.15, 0.2) is 0 Å². The van der Waals surface area contributed by atoms with Crippen molar-refractivity contribution in [3.63, 3.8) is 0 Å². The van der Waals surface area contributed by atoms with Crippen molar-refractivity contribution in [3.05, 3.63) is 0 Å². The Kier molecular flexibility index (Phi) is 4.55. The second-order valence-electron chi connectivity index (χ2n) is 6.85. The molecule has 0 atom stereocenters. The molecule has 5 heteroatoms. The first-order chi connectivity index (χ1) is 9.46. The standard InChI is InChI=1S/C15H26N2O3/c1-14(6-5-7-14)10-16-13(20)17-11-15(12(18)19)8-3-2-4-9-15/h2-11H2,1H3,(H,18,19)(H2,16,17,20). The zero-order valence-corrected chi connectivity index (χ0v) is 12.3. The Morgan fingerprint density at radius 2 is 1.55 bits per heavy atom. The molecular formula is C15H26N2O3. The van der Waals surface area contributed by atoms with Crippen LogP contribution in [0.1, 0.15) is 58.3 Å². The number of hydrogen-bond acceptors (Lipinski definition) is 2. The molecule has 2 rings (SSSR count). The van der Waals surface area contributed by atoms with Gasteiger partial charge < -0.3 is 15.7 Å². The number of aliphatic carboxylic acids is 1. The van der Waals surface area contributed by atoms with Crippen molar-refractivity contribution in [1.82, 2.24) is 10.6 Å². The van der Waals surface area contributed by atoms with E-state index in [4.69, 9.17) is 0 Å². The maximum Gasteiger partial charge on any atom is 0.314 e. The fraction of sp³-hybridized carbons (Fsp3) is 0.867. The summed E-state index contributed by atoms with van der Waals surface area (Å²) >= 11 is 0. The van der Waals surface area contributed by atoms with Gasteiger partial charge in [0.2, 0.25) is 0 Å². The molecule has 0 radical (unpaired) electrons. The van der Waals surface area contributed by atoms with Gasteiger partial charge in [-0.1, -0.05) is 32.6 Å². The number of amides is 2. The molecule has 2 saturated carbocycles. The minimum atomic E-state index is -0.775. The molecule has 3 N–H and O–H groups in total. The Morgan fingerprint density at radius 1 is 0.950 bits per heavy atom. The van der Waals surface area contributed by atoms with E-state index in [1.807, 2.05) is 0 Å². The average molecular weight is 282 g/mol. The van der Waals surface area contributed by atoms with E-state index in [-0.39, 0.29) is 18.0 Å². The zero-order valence-electron chi connectivity index (χ0n) is 12.3. The van der Waals surface area contributed by atoms with E-state index < -0.39 is 11.4 Å². The highest BCUT2D eigenvalue weighted by Crippen LogP contribution is 2.39. The van der Waals surface area contributed by atoms with Gasteiger partial charge in [0, 0.05) is 13.1 Å². The van der Waals surface area contributed by atoms with E-state index in [0.717, 1.165) is 32.1 Å². The SMILES string of the molecule is CC1(CNC(=O)NCC2(C(=O)O)CCCCC2)CCC1. The molecule has 20 heavy (non-hydrogen) atoms. The number of hydrogen-bond donors (Lipinski definition) is 3. The maximum absolute atomic E-state index is 11.8. The van der Waals surface area contributed by atoms with Gasteiger partial charge in [0.15, 0.2) is 0 Å². The van der Waals surface area contributed by atoms with Crippen LogP contribution in [0.25, 0.3) is 0 Å². The van der Waals surface area contributed by atoms with Crippen molar-refractivity contribution in [3.8, 4) is 0 Å². The molecule has 0 bridgehead atoms. The van der Waals surface area contributed by atoms with Gasteiger partial charge in [0.05, 0.1) is 5.41 Å². The molecule has 2 amide bonds. The normalized spacial score (nSPS) is 23.4. The van der Waals surface area contributed by atoms with Crippen molar-refractivity contribution in [2.75, 3.05) is 13.1 Å². The molecule has 0 unspecified atom stereocenters. The number of carboxylic acid groups (broad SMARTS) is 1. The monoisotopic (exact) mass is 282 g/mol. The minimum absolute atomic E-state index is 0.232. The molecule has 0 aromatic heterocycles. The summed E-state index contributed by atoms with van der Waals surface area (Å²) in [4.78, 5) is 23.3. The van der Waals surface area contributed by atoms with Crippen LogP contribution in [0, 0.1) is 10.8 Å². The molecule has 2 fully saturated rings. The molecule has 5 nitrogen and oxygen atoms in total. The fourth-order valence-corrected chi connectivity index (χ4v) is 3.26. The van der Waals surface area contributed by atoms with E-state index in [9.17, 15) is 14.7 Å². The van der Waals surface area contributed by atoms with Crippen molar-refractivity contribution in [1.29, 1.82) is 0 Å². The Labute approximate surface area is 120 Å². The topological polar surface area (TPSA) is 78.4 Å². The second-order valence-corrected chi connectivity index (χ2v) is 6.85. The summed E-state index contributed by atoms with van der Waals surface area (Å²) in [7, 11) is 0. The van der Waals surface area contributed by atoms with Crippen LogP contribution in [0.3, 0.4) is 0 Å². The van der Waals surface area contributed by atoms with Crippen LogP contribution >= 0.6 is 0 Å². The molecule has 2 aliphatic rings. The van der Waals surface area contributed by atoms with Gasteiger partial charge in [-0.15, -0.1) is 0 Å². The molecule has 0 aromatic carbocycles. The number of urea groups is 1. The van der Waals surface area contributed by atoms with Crippen LogP contribution in [0.5, 0.6) is 0 Å². The third-order valence-electron chi connectivity index (χ3n) is 5.09. The van der Waals surface area contributed by atoms with Gasteiger partial charge in [-0.05, 0) is 31.1 Å². The molecule has 0 aliphatic heterocycles. The minimum Gasteiger partial charge on any atom is -0.481 e. The first kappa shape index (κ1) is 15.1. The molecule has 2 aliphatic carbocycles. The highest BCUT2D eigenvalue weighted by atomic mass is 16.4. The lowest BCUT2D eigenvalue weighted by Gasteiger charge is -2.38. The Morgan fingerprint density at radius 3 is 2.05 bits per heavy atom. The van der Waals surface area contributed by atoms with E-state index in [0.29, 0.717) is 19.4 Å². The predicted octanol–water partition coefficient (Wildman–Crippen LogP) is 2.51. The average Bonchev–Trinajstić information content (AvgIpc) is 2.41. The van der Waals surface area contributed by atoms with Gasteiger partial charge in [-0.25, -0.2) is 4.79 Å². The van der Waals surface area contributed by atoms with Crippen molar-refractivity contribution in [2.24, 2.45) is 10.8 Å². The molecule has 0 heterocycles. The second kappa shape index (κ2) is 6.02. The maximum atomic E-state index is 11.8. The van der Waals surface area contributed by atoms with Crippen LogP contribution in [-0.4, -0.2) is 30.2 Å². The quantitative estimate of drug-likeness (QED) is 0.725. The van der Waals surface area contributed by atoms with Crippen molar-refractivity contribution >= 4 is 12.0 Å². The third kappa shape index (κ3) is 3.44. The highest BCUT2D eigenvalue weighted by molar-refractivity contribution is 5.78. The van der Waals surface area contributed by atoms with Gasteiger partial charge in [-0.3, -0.25) is 4.79 Å². The number of carbonyl (C=O) groups excluding carboxylic acids is 1. The molecule has 0 aromatic rings. The summed E-state index contributed by atoms with van der Waals surface area (Å²) in [5, 5.41) is 15.1. The fourth-order valence-electron chi connectivity index (χ4n) is 3.26. The van der Waals surface area contributed by atoms with E-state index in [2.05, 4.69) is 17.6 Å². The van der Waals surface area contributed by atoms with E-state index in [1.165, 1.54) is 6.42 Å². The summed E-state index contributed by atoms with van der Waals surface area (Å²) in [5.74, 6) is -0.775. The molecule has 114 valence electrons. The van der Waals surface area contributed by atoms with E-state index in [1.54, 1.807) is 0 Å². The number of carboxylic acids is 1. The number of rotatable bonds is 5. The van der Waals surface area contributed by atoms with Crippen LogP contribution in [0.2, 0.25) is 0 Å².